The van der Waals surface area contributed by atoms with Crippen molar-refractivity contribution in [2.24, 2.45) is 7.05 Å². The van der Waals surface area contributed by atoms with Crippen molar-refractivity contribution in [2.45, 2.75) is 25.9 Å². The van der Waals surface area contributed by atoms with Crippen LogP contribution >= 0.6 is 0 Å². The number of hydrogen-bond acceptors (Lipinski definition) is 4. The number of benzene rings is 1. The molecule has 0 saturated carbocycles. The van der Waals surface area contributed by atoms with E-state index in [0.717, 1.165) is 36.7 Å². The van der Waals surface area contributed by atoms with Crippen LogP contribution in [0, 0.1) is 6.92 Å². The van der Waals surface area contributed by atoms with Crippen LogP contribution in [0.4, 0.5) is 0 Å². The van der Waals surface area contributed by atoms with E-state index in [-0.39, 0.29) is 12.0 Å². The zero-order chi connectivity index (χ0) is 15.5. The van der Waals surface area contributed by atoms with Crippen LogP contribution in [-0.2, 0) is 11.8 Å². The van der Waals surface area contributed by atoms with Crippen molar-refractivity contribution in [2.75, 3.05) is 13.2 Å². The summed E-state index contributed by atoms with van der Waals surface area (Å²) in [5.74, 6) is 1.45. The molecule has 1 aliphatic heterocycles. The summed E-state index contributed by atoms with van der Waals surface area (Å²) in [7, 11) is 1.86. The fraction of sp³-hybridized carbons (Fsp3) is 0.438. The highest BCUT2D eigenvalue weighted by Gasteiger charge is 2.16. The molecule has 1 saturated heterocycles. The normalized spacial score (nSPS) is 17.6. The molecule has 116 valence electrons. The Morgan fingerprint density at radius 3 is 2.77 bits per heavy atom. The Hall–Kier alpha value is -2.21. The van der Waals surface area contributed by atoms with Crippen LogP contribution < -0.4 is 5.32 Å². The molecule has 0 radical (unpaired) electrons. The molecule has 1 amide bonds. The first-order valence-electron chi connectivity index (χ1n) is 7.51. The Morgan fingerprint density at radius 1 is 1.41 bits per heavy atom. The Balaban J connectivity index is 1.65. The molecule has 0 bridgehead atoms. The average Bonchev–Trinajstić information content (AvgIpc) is 3.14. The van der Waals surface area contributed by atoms with Crippen molar-refractivity contribution in [3.63, 3.8) is 0 Å². The van der Waals surface area contributed by atoms with Gasteiger partial charge in [0.15, 0.2) is 5.82 Å². The number of hydrogen-bond donors (Lipinski definition) is 1. The van der Waals surface area contributed by atoms with Gasteiger partial charge < -0.3 is 10.1 Å². The number of carbonyl (C=O) groups excluding carboxylic acids is 1. The minimum absolute atomic E-state index is 0.0730. The van der Waals surface area contributed by atoms with Crippen molar-refractivity contribution in [1.82, 2.24) is 20.1 Å². The number of aryl methyl sites for hydroxylation is 2. The van der Waals surface area contributed by atoms with Crippen molar-refractivity contribution in [3.8, 4) is 11.4 Å². The van der Waals surface area contributed by atoms with Gasteiger partial charge in [-0.3, -0.25) is 4.79 Å². The van der Waals surface area contributed by atoms with E-state index in [1.807, 2.05) is 38.2 Å². The van der Waals surface area contributed by atoms with Crippen LogP contribution in [-0.4, -0.2) is 39.9 Å². The number of nitrogens with one attached hydrogen (secondary N) is 1. The third-order valence-electron chi connectivity index (χ3n) is 3.79. The lowest BCUT2D eigenvalue weighted by Crippen LogP contribution is -2.31. The highest BCUT2D eigenvalue weighted by Crippen LogP contribution is 2.17. The summed E-state index contributed by atoms with van der Waals surface area (Å²) in [6.07, 6.45) is 2.25. The maximum Gasteiger partial charge on any atom is 0.251 e. The van der Waals surface area contributed by atoms with Gasteiger partial charge in [0.25, 0.3) is 5.91 Å². The van der Waals surface area contributed by atoms with Crippen molar-refractivity contribution < 1.29 is 9.53 Å². The van der Waals surface area contributed by atoms with E-state index >= 15 is 0 Å². The molecule has 3 rings (SSSR count). The molecule has 2 aromatic rings. The van der Waals surface area contributed by atoms with E-state index in [2.05, 4.69) is 15.4 Å². The number of rotatable bonds is 4. The fourth-order valence-electron chi connectivity index (χ4n) is 2.65. The zero-order valence-corrected chi connectivity index (χ0v) is 12.9. The molecule has 22 heavy (non-hydrogen) atoms. The Bertz CT molecular complexity index is 657. The molecule has 1 aliphatic rings. The number of ether oxygens (including phenoxy) is 1. The molecule has 1 fully saturated rings. The van der Waals surface area contributed by atoms with Gasteiger partial charge in [0.1, 0.15) is 5.82 Å². The molecule has 6 heteroatoms. The molecule has 0 aliphatic carbocycles. The van der Waals surface area contributed by atoms with Gasteiger partial charge in [-0.2, -0.15) is 5.10 Å². The van der Waals surface area contributed by atoms with Crippen LogP contribution in [0.15, 0.2) is 24.3 Å². The predicted octanol–water partition coefficient (Wildman–Crippen LogP) is 1.70. The maximum atomic E-state index is 12.1. The summed E-state index contributed by atoms with van der Waals surface area (Å²) in [4.78, 5) is 16.5. The quantitative estimate of drug-likeness (QED) is 0.933. The lowest BCUT2D eigenvalue weighted by atomic mass is 10.1. The van der Waals surface area contributed by atoms with E-state index in [4.69, 9.17) is 4.74 Å². The highest BCUT2D eigenvalue weighted by molar-refractivity contribution is 5.94. The van der Waals surface area contributed by atoms with Gasteiger partial charge in [-0.15, -0.1) is 0 Å². The topological polar surface area (TPSA) is 69.0 Å². The minimum atomic E-state index is -0.0730. The van der Waals surface area contributed by atoms with E-state index in [9.17, 15) is 4.79 Å². The second kappa shape index (κ2) is 6.27. The summed E-state index contributed by atoms with van der Waals surface area (Å²) in [5.41, 5.74) is 1.58. The standard InChI is InChI=1S/C16H20N4O2/c1-11-18-15(20(2)19-11)12-5-7-13(8-6-12)16(21)17-10-14-4-3-9-22-14/h5-8,14H,3-4,9-10H2,1-2H3,(H,17,21). The summed E-state index contributed by atoms with van der Waals surface area (Å²) >= 11 is 0. The van der Waals surface area contributed by atoms with Gasteiger partial charge in [-0.1, -0.05) is 12.1 Å². The molecule has 2 heterocycles. The van der Waals surface area contributed by atoms with Gasteiger partial charge >= 0.3 is 0 Å². The minimum Gasteiger partial charge on any atom is -0.376 e. The molecule has 1 N–H and O–H groups in total. The molecule has 6 nitrogen and oxygen atoms in total. The van der Waals surface area contributed by atoms with Crippen LogP contribution in [0.2, 0.25) is 0 Å². The van der Waals surface area contributed by atoms with Crippen molar-refractivity contribution in [1.29, 1.82) is 0 Å². The SMILES string of the molecule is Cc1nc(-c2ccc(C(=O)NCC3CCCO3)cc2)n(C)n1. The smallest absolute Gasteiger partial charge is 0.251 e. The number of nitrogens with zero attached hydrogens (tertiary/aromatic N) is 3. The molecule has 1 aromatic carbocycles. The summed E-state index contributed by atoms with van der Waals surface area (Å²) < 4.78 is 7.24. The largest absolute Gasteiger partial charge is 0.376 e. The van der Waals surface area contributed by atoms with Crippen molar-refractivity contribution in [3.05, 3.63) is 35.7 Å². The first kappa shape index (κ1) is 14.7. The molecule has 0 spiro atoms. The Kier molecular flexibility index (Phi) is 4.20. The van der Waals surface area contributed by atoms with Gasteiger partial charge in [0, 0.05) is 31.3 Å². The van der Waals surface area contributed by atoms with Gasteiger partial charge in [0.05, 0.1) is 6.10 Å². The molecular weight excluding hydrogens is 280 g/mol. The molecule has 1 aromatic heterocycles. The van der Waals surface area contributed by atoms with Crippen LogP contribution in [0.5, 0.6) is 0 Å². The van der Waals surface area contributed by atoms with E-state index in [1.54, 1.807) is 4.68 Å². The number of amides is 1. The summed E-state index contributed by atoms with van der Waals surface area (Å²) in [6, 6.07) is 7.41. The average molecular weight is 300 g/mol. The summed E-state index contributed by atoms with van der Waals surface area (Å²) in [6.45, 7) is 3.23. The molecule has 1 unspecified atom stereocenters. The van der Waals surface area contributed by atoms with Crippen LogP contribution in [0.25, 0.3) is 11.4 Å². The third kappa shape index (κ3) is 3.17. The lowest BCUT2D eigenvalue weighted by molar-refractivity contribution is 0.0858. The zero-order valence-electron chi connectivity index (χ0n) is 12.9. The first-order chi connectivity index (χ1) is 10.6. The predicted molar refractivity (Wildman–Crippen MR) is 82.5 cm³/mol. The van der Waals surface area contributed by atoms with Gasteiger partial charge in [0.2, 0.25) is 0 Å². The van der Waals surface area contributed by atoms with E-state index < -0.39 is 0 Å². The van der Waals surface area contributed by atoms with Gasteiger partial charge in [-0.25, -0.2) is 9.67 Å². The second-order valence-corrected chi connectivity index (χ2v) is 5.53. The van der Waals surface area contributed by atoms with Crippen molar-refractivity contribution >= 4 is 5.91 Å². The second-order valence-electron chi connectivity index (χ2n) is 5.53. The Morgan fingerprint density at radius 2 is 2.18 bits per heavy atom. The Labute approximate surface area is 129 Å². The van der Waals surface area contributed by atoms with Gasteiger partial charge in [-0.05, 0) is 31.9 Å². The molecule has 1 atom stereocenters. The van der Waals surface area contributed by atoms with E-state index in [1.165, 1.54) is 0 Å². The number of aromatic nitrogens is 3. The monoisotopic (exact) mass is 300 g/mol. The first-order valence-corrected chi connectivity index (χ1v) is 7.51. The van der Waals surface area contributed by atoms with Crippen LogP contribution in [0.3, 0.4) is 0 Å². The third-order valence-corrected chi connectivity index (χ3v) is 3.79. The summed E-state index contributed by atoms with van der Waals surface area (Å²) in [5, 5.41) is 7.15. The lowest BCUT2D eigenvalue weighted by Gasteiger charge is -2.11. The fourth-order valence-corrected chi connectivity index (χ4v) is 2.65. The molecular formula is C16H20N4O2. The number of carbonyl (C=O) groups is 1. The maximum absolute atomic E-state index is 12.1. The van der Waals surface area contributed by atoms with E-state index in [0.29, 0.717) is 12.1 Å². The highest BCUT2D eigenvalue weighted by atomic mass is 16.5. The van der Waals surface area contributed by atoms with Crippen LogP contribution in [0.1, 0.15) is 29.0 Å².